The lowest BCUT2D eigenvalue weighted by atomic mass is 10.4. The molecule has 0 aromatic heterocycles. The molecule has 0 aliphatic carbocycles. The second-order valence-electron chi connectivity index (χ2n) is 1.68. The average molecular weight is 238 g/mol. The molecule has 1 rings (SSSR count). The van der Waals surface area contributed by atoms with E-state index in [1.807, 2.05) is 0 Å². The highest BCUT2D eigenvalue weighted by Gasteiger charge is 2.26. The number of halogens is 5. The van der Waals surface area contributed by atoms with Gasteiger partial charge in [0, 0.05) is 0 Å². The quantitative estimate of drug-likeness (QED) is 0.625. The summed E-state index contributed by atoms with van der Waals surface area (Å²) in [5.41, 5.74) is 0. The minimum Gasteiger partial charge on any atom is -0.443 e. The first-order valence-electron chi connectivity index (χ1n) is 2.45. The van der Waals surface area contributed by atoms with Crippen molar-refractivity contribution in [1.82, 2.24) is 0 Å². The first-order valence-corrected chi connectivity index (χ1v) is 3.96. The zero-order valence-electron chi connectivity index (χ0n) is 4.88. The number of rotatable bonds is 0. The number of ether oxygens (including phenoxy) is 1. The van der Waals surface area contributed by atoms with Crippen LogP contribution >= 0.6 is 46.4 Å². The molecular formula is C5HCl4FO. The zero-order valence-corrected chi connectivity index (χ0v) is 7.90. The van der Waals surface area contributed by atoms with Crippen LogP contribution in [0, 0.1) is 0 Å². The Labute approximate surface area is 82.3 Å². The van der Waals surface area contributed by atoms with Crippen LogP contribution in [0.2, 0.25) is 0 Å². The van der Waals surface area contributed by atoms with E-state index in [1.54, 1.807) is 0 Å². The highest BCUT2D eigenvalue weighted by atomic mass is 35.5. The van der Waals surface area contributed by atoms with Gasteiger partial charge in [-0.1, -0.05) is 34.8 Å². The van der Waals surface area contributed by atoms with E-state index in [4.69, 9.17) is 46.4 Å². The van der Waals surface area contributed by atoms with Crippen LogP contribution in [0.1, 0.15) is 0 Å². The van der Waals surface area contributed by atoms with Crippen molar-refractivity contribution in [2.75, 3.05) is 0 Å². The maximum absolute atomic E-state index is 12.6. The Bertz CT molecular complexity index is 247. The second kappa shape index (κ2) is 3.40. The van der Waals surface area contributed by atoms with E-state index in [1.165, 1.54) is 0 Å². The molecule has 1 atom stereocenters. The van der Waals surface area contributed by atoms with E-state index in [0.717, 1.165) is 0 Å². The Balaban J connectivity index is 3.07. The first-order chi connectivity index (χ1) is 5.04. The van der Waals surface area contributed by atoms with E-state index >= 15 is 0 Å². The summed E-state index contributed by atoms with van der Waals surface area (Å²) in [6.45, 7) is 0. The van der Waals surface area contributed by atoms with Crippen molar-refractivity contribution in [2.45, 2.75) is 6.36 Å². The van der Waals surface area contributed by atoms with Crippen molar-refractivity contribution in [3.8, 4) is 0 Å². The summed E-state index contributed by atoms with van der Waals surface area (Å²) in [7, 11) is 0. The lowest BCUT2D eigenvalue weighted by Gasteiger charge is -2.16. The molecule has 11 heavy (non-hydrogen) atoms. The number of hydrogen-bond acceptors (Lipinski definition) is 1. The highest BCUT2D eigenvalue weighted by molar-refractivity contribution is 6.50. The largest absolute Gasteiger partial charge is 0.443 e. The number of hydrogen-bond donors (Lipinski definition) is 0. The van der Waals surface area contributed by atoms with Gasteiger partial charge in [-0.15, -0.1) is 0 Å². The molecule has 0 fully saturated rings. The standard InChI is InChI=1S/C5HCl4FO/c6-1-2(7)4(9)11-5(10)3(1)8/h5H. The van der Waals surface area contributed by atoms with Crippen molar-refractivity contribution in [2.24, 2.45) is 0 Å². The zero-order chi connectivity index (χ0) is 8.59. The van der Waals surface area contributed by atoms with E-state index in [2.05, 4.69) is 4.74 Å². The Hall–Kier alpha value is 0.370. The maximum Gasteiger partial charge on any atom is 0.277 e. The molecule has 1 aliphatic rings. The van der Waals surface area contributed by atoms with Gasteiger partial charge in [-0.05, 0) is 11.6 Å². The molecular weight excluding hydrogens is 237 g/mol. The second-order valence-corrected chi connectivity index (χ2v) is 3.19. The molecule has 0 saturated heterocycles. The van der Waals surface area contributed by atoms with Gasteiger partial charge < -0.3 is 4.74 Å². The SMILES string of the molecule is FC1OC(Cl)=C(Cl)C(Cl)=C1Cl. The van der Waals surface area contributed by atoms with Gasteiger partial charge in [0.05, 0.1) is 5.03 Å². The van der Waals surface area contributed by atoms with Crippen molar-refractivity contribution in [1.29, 1.82) is 0 Å². The fraction of sp³-hybridized carbons (Fsp3) is 0.200. The van der Waals surface area contributed by atoms with Crippen LogP contribution in [0.5, 0.6) is 0 Å². The maximum atomic E-state index is 12.6. The monoisotopic (exact) mass is 236 g/mol. The third-order valence-electron chi connectivity index (χ3n) is 0.981. The summed E-state index contributed by atoms with van der Waals surface area (Å²) in [6, 6.07) is 0. The third kappa shape index (κ3) is 1.75. The smallest absolute Gasteiger partial charge is 0.277 e. The van der Waals surface area contributed by atoms with Crippen LogP contribution in [0.15, 0.2) is 20.3 Å². The van der Waals surface area contributed by atoms with Crippen LogP contribution in [0.3, 0.4) is 0 Å². The van der Waals surface area contributed by atoms with Crippen molar-refractivity contribution in [3.63, 3.8) is 0 Å². The fourth-order valence-corrected chi connectivity index (χ4v) is 1.21. The molecule has 0 radical (unpaired) electrons. The van der Waals surface area contributed by atoms with Crippen LogP contribution in [-0.4, -0.2) is 6.36 Å². The summed E-state index contributed by atoms with van der Waals surface area (Å²) in [5, 5.41) is -0.765. The van der Waals surface area contributed by atoms with Gasteiger partial charge >= 0.3 is 0 Å². The summed E-state index contributed by atoms with van der Waals surface area (Å²) in [4.78, 5) is 0. The van der Waals surface area contributed by atoms with E-state index in [-0.39, 0.29) is 20.3 Å². The lowest BCUT2D eigenvalue weighted by Crippen LogP contribution is -2.11. The van der Waals surface area contributed by atoms with E-state index < -0.39 is 6.36 Å². The Morgan fingerprint density at radius 1 is 1.09 bits per heavy atom. The molecule has 0 amide bonds. The number of alkyl halides is 1. The molecule has 1 nitrogen and oxygen atoms in total. The Morgan fingerprint density at radius 3 is 2.18 bits per heavy atom. The van der Waals surface area contributed by atoms with Crippen LogP contribution in [-0.2, 0) is 4.74 Å². The van der Waals surface area contributed by atoms with Crippen molar-refractivity contribution in [3.05, 3.63) is 20.3 Å². The third-order valence-corrected chi connectivity index (χ3v) is 2.66. The molecule has 0 spiro atoms. The van der Waals surface area contributed by atoms with Gasteiger partial charge in [0.25, 0.3) is 6.36 Å². The van der Waals surface area contributed by atoms with Crippen molar-refractivity contribution < 1.29 is 9.13 Å². The molecule has 0 aromatic rings. The molecule has 0 bridgehead atoms. The summed E-state index contributed by atoms with van der Waals surface area (Å²) < 4.78 is 16.9. The Morgan fingerprint density at radius 2 is 1.64 bits per heavy atom. The molecule has 6 heteroatoms. The first kappa shape index (κ1) is 9.46. The summed E-state index contributed by atoms with van der Waals surface area (Å²) in [5.74, 6) is 0. The van der Waals surface area contributed by atoms with Gasteiger partial charge in [-0.25, -0.2) is 0 Å². The van der Waals surface area contributed by atoms with E-state index in [0.29, 0.717) is 0 Å². The lowest BCUT2D eigenvalue weighted by molar-refractivity contribution is 0.0515. The summed E-state index contributed by atoms with van der Waals surface area (Å²) >= 11 is 21.6. The Kier molecular flexibility index (Phi) is 2.92. The van der Waals surface area contributed by atoms with Gasteiger partial charge in [-0.3, -0.25) is 0 Å². The number of allylic oxidation sites excluding steroid dienone is 2. The molecule has 62 valence electrons. The van der Waals surface area contributed by atoms with Crippen LogP contribution < -0.4 is 0 Å². The van der Waals surface area contributed by atoms with Crippen LogP contribution in [0.4, 0.5) is 4.39 Å². The van der Waals surface area contributed by atoms with Gasteiger partial charge in [0.15, 0.2) is 0 Å². The molecule has 1 unspecified atom stereocenters. The molecule has 0 saturated carbocycles. The highest BCUT2D eigenvalue weighted by Crippen LogP contribution is 2.38. The topological polar surface area (TPSA) is 9.23 Å². The molecule has 1 aliphatic heterocycles. The fourth-order valence-electron chi connectivity index (χ4n) is 0.485. The van der Waals surface area contributed by atoms with Crippen LogP contribution in [0.25, 0.3) is 0 Å². The minimum atomic E-state index is -1.82. The predicted octanol–water partition coefficient (Wildman–Crippen LogP) is 3.65. The summed E-state index contributed by atoms with van der Waals surface area (Å²) in [6.07, 6.45) is -1.82. The normalized spacial score (nSPS) is 25.7. The molecule has 0 aromatic carbocycles. The van der Waals surface area contributed by atoms with Gasteiger partial charge in [-0.2, -0.15) is 4.39 Å². The average Bonchev–Trinajstić information content (AvgIpc) is 1.97. The van der Waals surface area contributed by atoms with Gasteiger partial charge in [0.2, 0.25) is 5.22 Å². The predicted molar refractivity (Wildman–Crippen MR) is 43.4 cm³/mol. The minimum absolute atomic E-state index is 0.0766. The molecule has 0 N–H and O–H groups in total. The van der Waals surface area contributed by atoms with Crippen molar-refractivity contribution >= 4 is 46.4 Å². The van der Waals surface area contributed by atoms with E-state index in [9.17, 15) is 4.39 Å². The van der Waals surface area contributed by atoms with Gasteiger partial charge in [0.1, 0.15) is 10.1 Å². The molecule has 1 heterocycles.